The molecule has 1 aromatic carbocycles. The number of anilines is 2. The van der Waals surface area contributed by atoms with Gasteiger partial charge in [0.05, 0.1) is 16.8 Å². The summed E-state index contributed by atoms with van der Waals surface area (Å²) in [7, 11) is 0. The van der Waals surface area contributed by atoms with E-state index in [1.807, 2.05) is 37.3 Å². The van der Waals surface area contributed by atoms with Crippen LogP contribution in [0.15, 0.2) is 48.7 Å². The number of nitrogens with zero attached hydrogens (tertiary/aromatic N) is 5. The Bertz CT molecular complexity index is 1270. The van der Waals surface area contributed by atoms with Crippen LogP contribution in [-0.2, 0) is 6.42 Å². The number of thiazole rings is 1. The summed E-state index contributed by atoms with van der Waals surface area (Å²) in [4.78, 5) is 33.2. The number of benzene rings is 1. The summed E-state index contributed by atoms with van der Waals surface area (Å²) in [6.07, 6.45) is 4.30. The molecular formula is C26H30N6O2S. The van der Waals surface area contributed by atoms with Gasteiger partial charge in [-0.3, -0.25) is 15.1 Å². The number of fused-ring (bicyclic) bond motifs is 1. The normalized spacial score (nSPS) is 10.9. The molecule has 0 aliphatic rings. The van der Waals surface area contributed by atoms with Crippen LogP contribution in [0.4, 0.5) is 10.9 Å². The molecule has 3 heterocycles. The van der Waals surface area contributed by atoms with E-state index in [-0.39, 0.29) is 17.6 Å². The Kier molecular flexibility index (Phi) is 8.20. The molecule has 0 aliphatic carbocycles. The highest BCUT2D eigenvalue weighted by atomic mass is 32.1. The number of hydrogen-bond donors (Lipinski definition) is 1. The topological polar surface area (TPSA) is 93.1 Å². The molecule has 35 heavy (non-hydrogen) atoms. The van der Waals surface area contributed by atoms with Gasteiger partial charge in [-0.2, -0.15) is 9.97 Å². The van der Waals surface area contributed by atoms with Crippen molar-refractivity contribution < 1.29 is 9.53 Å². The Morgan fingerprint density at radius 1 is 1.06 bits per heavy atom. The minimum absolute atomic E-state index is 0.181. The number of amides is 1. The summed E-state index contributed by atoms with van der Waals surface area (Å²) in [5.74, 6) is 0.341. The zero-order valence-electron chi connectivity index (χ0n) is 20.3. The number of nitrogens with one attached hydrogen (secondary N) is 1. The Balaban J connectivity index is 1.56. The van der Waals surface area contributed by atoms with Crippen molar-refractivity contribution in [2.24, 2.45) is 0 Å². The minimum Gasteiger partial charge on any atom is -0.463 e. The maximum Gasteiger partial charge on any atom is 0.319 e. The second-order valence-electron chi connectivity index (χ2n) is 8.24. The quantitative estimate of drug-likeness (QED) is 0.305. The van der Waals surface area contributed by atoms with Gasteiger partial charge in [0.1, 0.15) is 11.5 Å². The van der Waals surface area contributed by atoms with E-state index in [1.54, 1.807) is 12.3 Å². The third kappa shape index (κ3) is 6.51. The van der Waals surface area contributed by atoms with Crippen LogP contribution in [-0.4, -0.2) is 45.5 Å². The highest BCUT2D eigenvalue weighted by Crippen LogP contribution is 2.27. The Morgan fingerprint density at radius 2 is 1.89 bits per heavy atom. The lowest BCUT2D eigenvalue weighted by atomic mass is 10.2. The number of hydrogen-bond acceptors (Lipinski definition) is 8. The standard InChI is InChI=1S/C26H30N6O2S/c1-4-13-32(14-5-2)23-17-21(28-25(30-23)34-15-11-19-8-6-7-12-27-19)24(33)31-26-29-20-10-9-18(3)16-22(20)35-26/h6-10,12,16-17H,4-5,11,13-15H2,1-3H3,(H,29,31,33). The summed E-state index contributed by atoms with van der Waals surface area (Å²) >= 11 is 1.44. The molecule has 182 valence electrons. The van der Waals surface area contributed by atoms with E-state index >= 15 is 0 Å². The molecule has 4 rings (SSSR count). The Morgan fingerprint density at radius 3 is 2.63 bits per heavy atom. The zero-order chi connectivity index (χ0) is 24.6. The van der Waals surface area contributed by atoms with Gasteiger partial charge in [-0.25, -0.2) is 4.98 Å². The lowest BCUT2D eigenvalue weighted by molar-refractivity contribution is 0.102. The summed E-state index contributed by atoms with van der Waals surface area (Å²) in [6.45, 7) is 8.30. The van der Waals surface area contributed by atoms with Crippen LogP contribution in [0, 0.1) is 6.92 Å². The van der Waals surface area contributed by atoms with Crippen LogP contribution in [0.5, 0.6) is 6.01 Å². The molecule has 0 saturated heterocycles. The molecule has 0 aliphatic heterocycles. The van der Waals surface area contributed by atoms with Crippen molar-refractivity contribution in [3.63, 3.8) is 0 Å². The van der Waals surface area contributed by atoms with Crippen LogP contribution in [0.1, 0.15) is 48.4 Å². The zero-order valence-corrected chi connectivity index (χ0v) is 21.1. The maximum atomic E-state index is 13.2. The van der Waals surface area contributed by atoms with Gasteiger partial charge in [0.25, 0.3) is 5.91 Å². The fourth-order valence-electron chi connectivity index (χ4n) is 3.68. The second-order valence-corrected chi connectivity index (χ2v) is 9.28. The van der Waals surface area contributed by atoms with E-state index in [9.17, 15) is 4.79 Å². The lowest BCUT2D eigenvalue weighted by Gasteiger charge is -2.23. The first kappa shape index (κ1) is 24.5. The molecule has 9 heteroatoms. The van der Waals surface area contributed by atoms with Gasteiger partial charge in [0, 0.05) is 37.5 Å². The summed E-state index contributed by atoms with van der Waals surface area (Å²) in [6, 6.07) is 13.7. The number of aromatic nitrogens is 4. The van der Waals surface area contributed by atoms with Crippen molar-refractivity contribution in [3.8, 4) is 6.01 Å². The molecular weight excluding hydrogens is 460 g/mol. The van der Waals surface area contributed by atoms with Gasteiger partial charge < -0.3 is 9.64 Å². The molecule has 1 N–H and O–H groups in total. The summed E-state index contributed by atoms with van der Waals surface area (Å²) < 4.78 is 6.90. The summed E-state index contributed by atoms with van der Waals surface area (Å²) in [5, 5.41) is 3.44. The third-order valence-corrected chi connectivity index (χ3v) is 6.25. The monoisotopic (exact) mass is 490 g/mol. The SMILES string of the molecule is CCCN(CCC)c1cc(C(=O)Nc2nc3ccc(C)cc3s2)nc(OCCc2ccccn2)n1. The first-order valence-corrected chi connectivity index (χ1v) is 12.7. The number of carbonyl (C=O) groups is 1. The van der Waals surface area contributed by atoms with Crippen LogP contribution >= 0.6 is 11.3 Å². The molecule has 0 spiro atoms. The van der Waals surface area contributed by atoms with Crippen molar-refractivity contribution in [2.75, 3.05) is 29.9 Å². The molecule has 4 aromatic rings. The molecule has 0 radical (unpaired) electrons. The molecule has 1 amide bonds. The third-order valence-electron chi connectivity index (χ3n) is 5.32. The van der Waals surface area contributed by atoms with Gasteiger partial charge in [-0.1, -0.05) is 37.3 Å². The number of pyridine rings is 1. The predicted octanol–water partition coefficient (Wildman–Crippen LogP) is 5.29. The Hall–Kier alpha value is -3.59. The number of carbonyl (C=O) groups excluding carboxylic acids is 1. The van der Waals surface area contributed by atoms with Gasteiger partial charge in [0.2, 0.25) is 0 Å². The van der Waals surface area contributed by atoms with E-state index < -0.39 is 0 Å². The second kappa shape index (κ2) is 11.7. The van der Waals surface area contributed by atoms with Gasteiger partial charge in [-0.05, 0) is 49.6 Å². The highest BCUT2D eigenvalue weighted by molar-refractivity contribution is 7.22. The molecule has 8 nitrogen and oxygen atoms in total. The van der Waals surface area contributed by atoms with Crippen molar-refractivity contribution in [2.45, 2.75) is 40.0 Å². The van der Waals surface area contributed by atoms with E-state index in [0.29, 0.717) is 24.0 Å². The van der Waals surface area contributed by atoms with Crippen molar-refractivity contribution in [3.05, 3.63) is 65.6 Å². The van der Waals surface area contributed by atoms with Gasteiger partial charge in [0.15, 0.2) is 5.13 Å². The molecule has 3 aromatic heterocycles. The van der Waals surface area contributed by atoms with Gasteiger partial charge in [-0.15, -0.1) is 0 Å². The minimum atomic E-state index is -0.341. The fraction of sp³-hybridized carbons (Fsp3) is 0.346. The van der Waals surface area contributed by atoms with E-state index in [2.05, 4.69) is 50.1 Å². The smallest absolute Gasteiger partial charge is 0.319 e. The van der Waals surface area contributed by atoms with Crippen molar-refractivity contribution in [1.82, 2.24) is 19.9 Å². The van der Waals surface area contributed by atoms with Crippen LogP contribution in [0.3, 0.4) is 0 Å². The molecule has 0 fully saturated rings. The number of aryl methyl sites for hydroxylation is 1. The highest BCUT2D eigenvalue weighted by Gasteiger charge is 2.18. The Labute approximate surface area is 209 Å². The lowest BCUT2D eigenvalue weighted by Crippen LogP contribution is -2.27. The van der Waals surface area contributed by atoms with Crippen LogP contribution in [0.25, 0.3) is 10.2 Å². The number of rotatable bonds is 11. The molecule has 0 atom stereocenters. The average Bonchev–Trinajstić information content (AvgIpc) is 3.25. The molecule has 0 unspecified atom stereocenters. The molecule has 0 saturated carbocycles. The van der Waals surface area contributed by atoms with E-state index in [0.717, 1.165) is 47.4 Å². The van der Waals surface area contributed by atoms with E-state index in [1.165, 1.54) is 11.3 Å². The van der Waals surface area contributed by atoms with E-state index in [4.69, 9.17) is 4.74 Å². The largest absolute Gasteiger partial charge is 0.463 e. The van der Waals surface area contributed by atoms with Crippen molar-refractivity contribution in [1.29, 1.82) is 0 Å². The first-order valence-electron chi connectivity index (χ1n) is 11.9. The van der Waals surface area contributed by atoms with Crippen LogP contribution in [0.2, 0.25) is 0 Å². The fourth-order valence-corrected chi connectivity index (χ4v) is 4.63. The van der Waals surface area contributed by atoms with Crippen LogP contribution < -0.4 is 15.0 Å². The maximum absolute atomic E-state index is 13.2. The molecule has 0 bridgehead atoms. The van der Waals surface area contributed by atoms with Crippen molar-refractivity contribution >= 4 is 38.4 Å². The first-order chi connectivity index (χ1) is 17.1. The number of ether oxygens (including phenoxy) is 1. The average molecular weight is 491 g/mol. The van der Waals surface area contributed by atoms with Gasteiger partial charge >= 0.3 is 6.01 Å². The predicted molar refractivity (Wildman–Crippen MR) is 141 cm³/mol. The summed E-state index contributed by atoms with van der Waals surface area (Å²) in [5.41, 5.74) is 3.18.